The van der Waals surface area contributed by atoms with Crippen molar-refractivity contribution in [2.45, 2.75) is 31.7 Å². The number of hydrogen-bond donors (Lipinski definition) is 1. The minimum absolute atomic E-state index is 0.0178. The zero-order valence-electron chi connectivity index (χ0n) is 12.0. The van der Waals surface area contributed by atoms with Gasteiger partial charge in [-0.25, -0.2) is 0 Å². The molecule has 1 saturated heterocycles. The topological polar surface area (TPSA) is 49.8 Å². The van der Waals surface area contributed by atoms with E-state index in [4.69, 9.17) is 9.84 Å². The van der Waals surface area contributed by atoms with Gasteiger partial charge in [-0.3, -0.25) is 9.69 Å². The van der Waals surface area contributed by atoms with Crippen molar-refractivity contribution in [2.75, 3.05) is 26.3 Å². The number of hydrogen-bond acceptors (Lipinski definition) is 3. The van der Waals surface area contributed by atoms with Crippen LogP contribution < -0.4 is 0 Å². The van der Waals surface area contributed by atoms with E-state index < -0.39 is 5.97 Å². The Balaban J connectivity index is 1.86. The lowest BCUT2D eigenvalue weighted by Crippen LogP contribution is -2.47. The van der Waals surface area contributed by atoms with Crippen LogP contribution in [0.4, 0.5) is 0 Å². The van der Waals surface area contributed by atoms with Gasteiger partial charge in [0.25, 0.3) is 0 Å². The number of nitrogens with zero attached hydrogens (tertiary/aromatic N) is 1. The summed E-state index contributed by atoms with van der Waals surface area (Å²) in [6.45, 7) is 5.22. The highest BCUT2D eigenvalue weighted by molar-refractivity contribution is 5.67. The summed E-state index contributed by atoms with van der Waals surface area (Å²) in [5, 5.41) is 8.96. The Morgan fingerprint density at radius 1 is 1.45 bits per heavy atom. The quantitative estimate of drug-likeness (QED) is 0.867. The van der Waals surface area contributed by atoms with Crippen LogP contribution in [0.1, 0.15) is 31.2 Å². The van der Waals surface area contributed by atoms with Crippen LogP contribution in [0, 0.1) is 0 Å². The van der Waals surface area contributed by atoms with E-state index in [1.54, 1.807) is 0 Å². The summed E-state index contributed by atoms with van der Waals surface area (Å²) in [6.07, 6.45) is 1.21. The molecule has 1 heterocycles. The normalized spacial score (nSPS) is 21.6. The van der Waals surface area contributed by atoms with Gasteiger partial charge in [-0.1, -0.05) is 37.3 Å². The highest BCUT2D eigenvalue weighted by Crippen LogP contribution is 2.20. The Hall–Kier alpha value is -1.39. The molecule has 1 aromatic rings. The molecule has 1 fully saturated rings. The van der Waals surface area contributed by atoms with Gasteiger partial charge < -0.3 is 9.84 Å². The van der Waals surface area contributed by atoms with E-state index in [1.807, 2.05) is 6.07 Å². The highest BCUT2D eigenvalue weighted by Gasteiger charge is 2.25. The van der Waals surface area contributed by atoms with Gasteiger partial charge in [-0.05, 0) is 24.4 Å². The molecule has 1 aliphatic rings. The fourth-order valence-corrected chi connectivity index (χ4v) is 2.68. The number of carboxylic acid groups (broad SMARTS) is 1. The predicted molar refractivity (Wildman–Crippen MR) is 77.9 cm³/mol. The summed E-state index contributed by atoms with van der Waals surface area (Å²) < 4.78 is 5.40. The number of benzene rings is 1. The maximum atomic E-state index is 10.9. The monoisotopic (exact) mass is 277 g/mol. The molecular weight excluding hydrogens is 254 g/mol. The predicted octanol–water partition coefficient (Wildman–Crippen LogP) is 2.36. The van der Waals surface area contributed by atoms with Gasteiger partial charge in [0.15, 0.2) is 0 Å². The van der Waals surface area contributed by atoms with E-state index in [2.05, 4.69) is 36.1 Å². The molecule has 2 unspecified atom stereocenters. The average molecular weight is 277 g/mol. The Kier molecular flexibility index (Phi) is 5.56. The Morgan fingerprint density at radius 2 is 2.20 bits per heavy atom. The second-order valence-corrected chi connectivity index (χ2v) is 5.46. The van der Waals surface area contributed by atoms with E-state index in [9.17, 15) is 4.79 Å². The van der Waals surface area contributed by atoms with Crippen molar-refractivity contribution in [1.29, 1.82) is 0 Å². The maximum Gasteiger partial charge on any atom is 0.305 e. The van der Waals surface area contributed by atoms with Crippen molar-refractivity contribution in [3.8, 4) is 0 Å². The number of aliphatic carboxylic acids is 1. The van der Waals surface area contributed by atoms with Gasteiger partial charge in [0.2, 0.25) is 0 Å². The van der Waals surface area contributed by atoms with Crippen molar-refractivity contribution in [2.24, 2.45) is 0 Å². The Bertz CT molecular complexity index is 421. The molecule has 1 aliphatic heterocycles. The molecule has 0 aromatic heterocycles. The molecule has 0 saturated carbocycles. The third-order valence-corrected chi connectivity index (χ3v) is 3.98. The van der Waals surface area contributed by atoms with Gasteiger partial charge >= 0.3 is 5.97 Å². The van der Waals surface area contributed by atoms with Crippen LogP contribution in [0.15, 0.2) is 30.3 Å². The molecule has 20 heavy (non-hydrogen) atoms. The van der Waals surface area contributed by atoms with Crippen molar-refractivity contribution in [1.82, 2.24) is 4.90 Å². The highest BCUT2D eigenvalue weighted by atomic mass is 16.5. The fraction of sp³-hybridized carbons (Fsp3) is 0.562. The summed E-state index contributed by atoms with van der Waals surface area (Å²) in [7, 11) is 0. The zero-order chi connectivity index (χ0) is 14.4. The smallest absolute Gasteiger partial charge is 0.305 e. The summed E-state index contributed by atoms with van der Waals surface area (Å²) in [4.78, 5) is 13.2. The van der Waals surface area contributed by atoms with Crippen molar-refractivity contribution >= 4 is 5.97 Å². The molecule has 4 nitrogen and oxygen atoms in total. The molecule has 0 radical (unpaired) electrons. The zero-order valence-corrected chi connectivity index (χ0v) is 12.0. The summed E-state index contributed by atoms with van der Waals surface area (Å²) in [6, 6.07) is 10.5. The van der Waals surface area contributed by atoms with E-state index >= 15 is 0 Å². The van der Waals surface area contributed by atoms with Crippen LogP contribution in [-0.2, 0) is 9.53 Å². The number of carbonyl (C=O) groups is 1. The largest absolute Gasteiger partial charge is 0.481 e. The van der Waals surface area contributed by atoms with Crippen molar-refractivity contribution in [3.05, 3.63) is 35.9 Å². The molecule has 2 atom stereocenters. The summed E-state index contributed by atoms with van der Waals surface area (Å²) in [5.74, 6) is -0.258. The fourth-order valence-electron chi connectivity index (χ4n) is 2.68. The van der Waals surface area contributed by atoms with Crippen molar-refractivity contribution < 1.29 is 14.6 Å². The van der Waals surface area contributed by atoms with E-state index in [0.717, 1.165) is 19.5 Å². The number of rotatable bonds is 6. The Morgan fingerprint density at radius 3 is 2.90 bits per heavy atom. The van der Waals surface area contributed by atoms with E-state index in [1.165, 1.54) is 5.56 Å². The van der Waals surface area contributed by atoms with Gasteiger partial charge in [-0.15, -0.1) is 0 Å². The molecule has 0 aliphatic carbocycles. The molecule has 1 aromatic carbocycles. The molecule has 110 valence electrons. The van der Waals surface area contributed by atoms with Crippen LogP contribution in [0.3, 0.4) is 0 Å². The Labute approximate surface area is 120 Å². The first-order valence-corrected chi connectivity index (χ1v) is 7.25. The van der Waals surface area contributed by atoms with Gasteiger partial charge in [0.1, 0.15) is 0 Å². The molecule has 1 N–H and O–H groups in total. The summed E-state index contributed by atoms with van der Waals surface area (Å²) >= 11 is 0. The average Bonchev–Trinajstić information content (AvgIpc) is 2.46. The second kappa shape index (κ2) is 7.41. The van der Waals surface area contributed by atoms with E-state index in [0.29, 0.717) is 19.1 Å². The minimum Gasteiger partial charge on any atom is -0.481 e. The van der Waals surface area contributed by atoms with Crippen molar-refractivity contribution in [3.63, 3.8) is 0 Å². The third-order valence-electron chi connectivity index (χ3n) is 3.98. The SMILES string of the molecule is CC(CCN1CCOCC1CC(=O)O)c1ccccc1. The first-order chi connectivity index (χ1) is 9.66. The lowest BCUT2D eigenvalue weighted by molar-refractivity contribution is -0.140. The second-order valence-electron chi connectivity index (χ2n) is 5.46. The third kappa shape index (κ3) is 4.32. The molecule has 0 spiro atoms. The van der Waals surface area contributed by atoms with E-state index in [-0.39, 0.29) is 12.5 Å². The number of morpholine rings is 1. The van der Waals surface area contributed by atoms with Crippen LogP contribution in [0.2, 0.25) is 0 Å². The number of carboxylic acids is 1. The van der Waals surface area contributed by atoms with Crippen LogP contribution in [-0.4, -0.2) is 48.3 Å². The molecular formula is C16H23NO3. The summed E-state index contributed by atoms with van der Waals surface area (Å²) in [5.41, 5.74) is 1.34. The molecule has 2 rings (SSSR count). The first-order valence-electron chi connectivity index (χ1n) is 7.25. The number of ether oxygens (including phenoxy) is 1. The standard InChI is InChI=1S/C16H23NO3/c1-13(14-5-3-2-4-6-14)7-8-17-9-10-20-12-15(17)11-16(18)19/h2-6,13,15H,7-12H2,1H3,(H,18,19). The van der Waals surface area contributed by atoms with Crippen LogP contribution in [0.25, 0.3) is 0 Å². The van der Waals surface area contributed by atoms with Gasteiger partial charge in [0.05, 0.1) is 19.6 Å². The molecule has 0 bridgehead atoms. The minimum atomic E-state index is -0.749. The first kappa shape index (κ1) is 15.0. The lowest BCUT2D eigenvalue weighted by Gasteiger charge is -2.35. The molecule has 4 heteroatoms. The molecule has 0 amide bonds. The van der Waals surface area contributed by atoms with Gasteiger partial charge in [0, 0.05) is 12.6 Å². The lowest BCUT2D eigenvalue weighted by atomic mass is 9.97. The van der Waals surface area contributed by atoms with Crippen LogP contribution >= 0.6 is 0 Å². The van der Waals surface area contributed by atoms with Crippen LogP contribution in [0.5, 0.6) is 0 Å². The maximum absolute atomic E-state index is 10.9. The van der Waals surface area contributed by atoms with Gasteiger partial charge in [-0.2, -0.15) is 0 Å².